The van der Waals surface area contributed by atoms with E-state index in [4.69, 9.17) is 4.74 Å². The second kappa shape index (κ2) is 7.82. The molecular formula is C23H31N3O3. The maximum atomic E-state index is 13.5. The van der Waals surface area contributed by atoms with Crippen molar-refractivity contribution in [3.63, 3.8) is 0 Å². The molecule has 0 atom stereocenters. The minimum absolute atomic E-state index is 0.0148. The molecule has 6 heteroatoms. The average Bonchev–Trinajstić information content (AvgIpc) is 2.98. The number of carbonyl (C=O) groups is 2. The number of hydrogen-bond acceptors (Lipinski definition) is 5. The van der Waals surface area contributed by atoms with Gasteiger partial charge in [-0.1, -0.05) is 18.2 Å². The zero-order valence-corrected chi connectivity index (χ0v) is 17.7. The van der Waals surface area contributed by atoms with Crippen molar-refractivity contribution in [2.24, 2.45) is 0 Å². The third-order valence-corrected chi connectivity index (χ3v) is 6.66. The van der Waals surface area contributed by atoms with Gasteiger partial charge in [0.2, 0.25) is 0 Å². The van der Waals surface area contributed by atoms with Gasteiger partial charge in [-0.05, 0) is 32.9 Å². The van der Waals surface area contributed by atoms with Crippen LogP contribution in [0, 0.1) is 0 Å². The summed E-state index contributed by atoms with van der Waals surface area (Å²) < 4.78 is 5.85. The normalized spacial score (nSPS) is 22.6. The largest absolute Gasteiger partial charge is 0.450 e. The van der Waals surface area contributed by atoms with Crippen LogP contribution in [0.15, 0.2) is 41.5 Å². The van der Waals surface area contributed by atoms with Crippen molar-refractivity contribution in [3.05, 3.63) is 41.5 Å². The van der Waals surface area contributed by atoms with Gasteiger partial charge in [0, 0.05) is 69.4 Å². The number of nitrogens with zero attached hydrogens (tertiary/aromatic N) is 3. The maximum absolute atomic E-state index is 13.5. The molecule has 1 amide bonds. The molecule has 2 fully saturated rings. The Balaban J connectivity index is 1.48. The number of esters is 1. The summed E-state index contributed by atoms with van der Waals surface area (Å²) in [5, 5.41) is 0. The Hall–Kier alpha value is -2.34. The molecule has 1 aromatic carbocycles. The lowest BCUT2D eigenvalue weighted by Gasteiger charge is -2.42. The van der Waals surface area contributed by atoms with E-state index in [2.05, 4.69) is 35.8 Å². The van der Waals surface area contributed by atoms with Gasteiger partial charge in [-0.3, -0.25) is 4.79 Å². The molecule has 3 aliphatic rings. The highest BCUT2D eigenvalue weighted by molar-refractivity contribution is 6.07. The summed E-state index contributed by atoms with van der Waals surface area (Å²) in [6, 6.07) is 10.8. The van der Waals surface area contributed by atoms with Gasteiger partial charge >= 0.3 is 5.97 Å². The van der Waals surface area contributed by atoms with Crippen LogP contribution < -0.4 is 4.90 Å². The summed E-state index contributed by atoms with van der Waals surface area (Å²) in [5.74, 6) is -0.340. The summed E-state index contributed by atoms with van der Waals surface area (Å²) in [6.45, 7) is 10.7. The first-order valence-corrected chi connectivity index (χ1v) is 10.7. The number of likely N-dealkylation sites (tertiary alicyclic amines) is 1. The molecule has 3 heterocycles. The molecule has 0 aliphatic carbocycles. The molecule has 2 saturated heterocycles. The molecule has 0 bridgehead atoms. The van der Waals surface area contributed by atoms with Crippen LogP contribution in [-0.2, 0) is 14.3 Å². The van der Waals surface area contributed by atoms with E-state index in [0.29, 0.717) is 43.1 Å². The first-order chi connectivity index (χ1) is 13.9. The number of benzene rings is 1. The number of hydrogen-bond donors (Lipinski definition) is 0. The number of para-hydroxylation sites is 1. The molecule has 0 aromatic heterocycles. The quantitative estimate of drug-likeness (QED) is 0.734. The maximum Gasteiger partial charge on any atom is 0.335 e. The number of piperidine rings is 1. The molecule has 3 aliphatic heterocycles. The Morgan fingerprint density at radius 2 is 1.62 bits per heavy atom. The molecule has 0 radical (unpaired) electrons. The van der Waals surface area contributed by atoms with Crippen LogP contribution in [-0.4, -0.2) is 72.6 Å². The van der Waals surface area contributed by atoms with Crippen LogP contribution in [0.3, 0.4) is 0 Å². The van der Waals surface area contributed by atoms with Gasteiger partial charge in [-0.15, -0.1) is 0 Å². The lowest BCUT2D eigenvalue weighted by molar-refractivity contribution is -0.151. The number of amides is 1. The zero-order valence-electron chi connectivity index (χ0n) is 17.7. The van der Waals surface area contributed by atoms with E-state index in [9.17, 15) is 9.59 Å². The molecule has 0 N–H and O–H groups in total. The second-order valence-corrected chi connectivity index (χ2v) is 8.63. The van der Waals surface area contributed by atoms with Crippen molar-refractivity contribution < 1.29 is 14.3 Å². The highest BCUT2D eigenvalue weighted by Crippen LogP contribution is 2.42. The van der Waals surface area contributed by atoms with Crippen molar-refractivity contribution in [2.45, 2.75) is 45.3 Å². The van der Waals surface area contributed by atoms with Gasteiger partial charge in [0.05, 0.1) is 5.57 Å². The summed E-state index contributed by atoms with van der Waals surface area (Å²) >= 11 is 0. The summed E-state index contributed by atoms with van der Waals surface area (Å²) in [5.41, 5.74) is 1.56. The first-order valence-electron chi connectivity index (χ1n) is 10.7. The van der Waals surface area contributed by atoms with Gasteiger partial charge in [-0.2, -0.15) is 0 Å². The molecule has 1 spiro atoms. The summed E-state index contributed by atoms with van der Waals surface area (Å²) in [7, 11) is 0. The van der Waals surface area contributed by atoms with Crippen molar-refractivity contribution in [2.75, 3.05) is 44.2 Å². The predicted octanol–water partition coefficient (Wildman–Crippen LogP) is 2.45. The molecular weight excluding hydrogens is 366 g/mol. The molecule has 0 saturated carbocycles. The Kier molecular flexibility index (Phi) is 5.38. The van der Waals surface area contributed by atoms with Gasteiger partial charge in [0.1, 0.15) is 5.60 Å². The SMILES string of the molecule is CC1=C(C(=O)N2CCN(c3ccccc3)CC2)C2(CCN(C(C)C)CC2)OC1=O. The first kappa shape index (κ1) is 20.0. The van der Waals surface area contributed by atoms with Crippen LogP contribution in [0.2, 0.25) is 0 Å². The fourth-order valence-electron chi connectivity index (χ4n) is 4.82. The third kappa shape index (κ3) is 3.66. The standard InChI is InChI=1S/C23H31N3O3/c1-17(2)24-11-9-23(10-12-24)20(18(3)22(28)29-23)21(27)26-15-13-25(14-16-26)19-7-5-4-6-8-19/h4-8,17H,9-16H2,1-3H3. The van der Waals surface area contributed by atoms with Gasteiger partial charge in [-0.25, -0.2) is 4.79 Å². The number of piperazine rings is 1. The van der Waals surface area contributed by atoms with Crippen LogP contribution in [0.25, 0.3) is 0 Å². The van der Waals surface area contributed by atoms with Gasteiger partial charge < -0.3 is 19.4 Å². The van der Waals surface area contributed by atoms with Crippen molar-refractivity contribution in [1.82, 2.24) is 9.80 Å². The highest BCUT2D eigenvalue weighted by Gasteiger charge is 2.51. The fourth-order valence-corrected chi connectivity index (χ4v) is 4.82. The van der Waals surface area contributed by atoms with E-state index >= 15 is 0 Å². The number of rotatable bonds is 3. The fraction of sp³-hybridized carbons (Fsp3) is 0.565. The molecule has 29 heavy (non-hydrogen) atoms. The Morgan fingerprint density at radius 3 is 2.21 bits per heavy atom. The van der Waals surface area contributed by atoms with Crippen LogP contribution in [0.1, 0.15) is 33.6 Å². The van der Waals surface area contributed by atoms with Gasteiger partial charge in [0.25, 0.3) is 5.91 Å². The molecule has 156 valence electrons. The predicted molar refractivity (Wildman–Crippen MR) is 113 cm³/mol. The van der Waals surface area contributed by atoms with Crippen LogP contribution in [0.5, 0.6) is 0 Å². The van der Waals surface area contributed by atoms with Crippen molar-refractivity contribution in [3.8, 4) is 0 Å². The summed E-state index contributed by atoms with van der Waals surface area (Å²) in [6.07, 6.45) is 1.39. The molecule has 0 unspecified atom stereocenters. The summed E-state index contributed by atoms with van der Waals surface area (Å²) in [4.78, 5) is 32.5. The molecule has 1 aromatic rings. The Morgan fingerprint density at radius 1 is 1.00 bits per heavy atom. The topological polar surface area (TPSA) is 53.1 Å². The van der Waals surface area contributed by atoms with Crippen molar-refractivity contribution >= 4 is 17.6 Å². The smallest absolute Gasteiger partial charge is 0.335 e. The lowest BCUT2D eigenvalue weighted by Crippen LogP contribution is -2.54. The number of ether oxygens (including phenoxy) is 1. The molecule has 4 rings (SSSR count). The van der Waals surface area contributed by atoms with Crippen LogP contribution >= 0.6 is 0 Å². The average molecular weight is 398 g/mol. The number of carbonyl (C=O) groups excluding carboxylic acids is 2. The minimum Gasteiger partial charge on any atom is -0.450 e. The molecule has 6 nitrogen and oxygen atoms in total. The highest BCUT2D eigenvalue weighted by atomic mass is 16.6. The van der Waals surface area contributed by atoms with Gasteiger partial charge in [0.15, 0.2) is 0 Å². The zero-order chi connectivity index (χ0) is 20.6. The third-order valence-electron chi connectivity index (χ3n) is 6.66. The Labute approximate surface area is 173 Å². The minimum atomic E-state index is -0.736. The lowest BCUT2D eigenvalue weighted by atomic mass is 9.82. The van der Waals surface area contributed by atoms with E-state index in [1.54, 1.807) is 6.92 Å². The van der Waals surface area contributed by atoms with E-state index in [1.807, 2.05) is 23.1 Å². The van der Waals surface area contributed by atoms with Crippen molar-refractivity contribution in [1.29, 1.82) is 0 Å². The van der Waals surface area contributed by atoms with E-state index in [1.165, 1.54) is 5.69 Å². The van der Waals surface area contributed by atoms with Crippen LogP contribution in [0.4, 0.5) is 5.69 Å². The second-order valence-electron chi connectivity index (χ2n) is 8.63. The Bertz CT molecular complexity index is 802. The van der Waals surface area contributed by atoms with E-state index in [0.717, 1.165) is 26.2 Å². The van der Waals surface area contributed by atoms with E-state index < -0.39 is 5.60 Å². The van der Waals surface area contributed by atoms with E-state index in [-0.39, 0.29) is 11.9 Å². The number of anilines is 1. The monoisotopic (exact) mass is 397 g/mol.